The molecular weight excluding hydrogens is 169 g/mol. The van der Waals surface area contributed by atoms with Crippen LogP contribution in [-0.4, -0.2) is 19.9 Å². The van der Waals surface area contributed by atoms with Gasteiger partial charge in [-0.25, -0.2) is 0 Å². The van der Waals surface area contributed by atoms with Crippen LogP contribution < -0.4 is 4.74 Å². The largest absolute Gasteiger partial charge is 0.497 e. The summed E-state index contributed by atoms with van der Waals surface area (Å²) in [5.41, 5.74) is 0.854. The van der Waals surface area contributed by atoms with Crippen LogP contribution in [0.3, 0.4) is 0 Å². The van der Waals surface area contributed by atoms with Crippen LogP contribution in [0.2, 0.25) is 0 Å². The predicted octanol–water partition coefficient (Wildman–Crippen LogP) is 0.736. The molecule has 13 heavy (non-hydrogen) atoms. The first-order valence-corrected chi connectivity index (χ1v) is 4.00. The highest BCUT2D eigenvalue weighted by Gasteiger charge is 2.12. The van der Waals surface area contributed by atoms with Crippen molar-refractivity contribution in [2.75, 3.05) is 7.11 Å². The summed E-state index contributed by atoms with van der Waals surface area (Å²) in [6.45, 7) is 0. The van der Waals surface area contributed by atoms with Gasteiger partial charge in [-0.3, -0.25) is 10.1 Å². The Labute approximate surface area is 77.1 Å². The Morgan fingerprint density at radius 2 is 2.31 bits per heavy atom. The number of ether oxygens (including phenoxy) is 1. The highest BCUT2D eigenvalue weighted by molar-refractivity contribution is 6.08. The molecule has 0 saturated heterocycles. The molecule has 0 saturated carbocycles. The number of nitro benzene ring substituents is 1. The smallest absolute Gasteiger partial charge is 0.275 e. The fourth-order valence-electron chi connectivity index (χ4n) is 1.14. The predicted molar refractivity (Wildman–Crippen MR) is 51.9 cm³/mol. The first-order valence-electron chi connectivity index (χ1n) is 4.00. The third kappa shape index (κ3) is 1.99. The molecule has 4 nitrogen and oxygen atoms in total. The Balaban J connectivity index is 3.18. The molecule has 1 rings (SSSR count). The van der Waals surface area contributed by atoms with Gasteiger partial charge < -0.3 is 4.74 Å². The molecule has 0 radical (unpaired) electrons. The van der Waals surface area contributed by atoms with Gasteiger partial charge in [0.25, 0.3) is 5.69 Å². The summed E-state index contributed by atoms with van der Waals surface area (Å²) in [5.74, 6) is 0.518. The van der Waals surface area contributed by atoms with Gasteiger partial charge in [-0.2, -0.15) is 0 Å². The molecule has 0 aliphatic carbocycles. The molecule has 0 amide bonds. The quantitative estimate of drug-likeness (QED) is 0.390. The summed E-state index contributed by atoms with van der Waals surface area (Å²) in [4.78, 5) is 10.2. The van der Waals surface area contributed by atoms with Crippen molar-refractivity contribution >= 4 is 13.5 Å². The molecule has 0 atom stereocenters. The minimum absolute atomic E-state index is 0.127. The van der Waals surface area contributed by atoms with E-state index in [2.05, 4.69) is 0 Å². The van der Waals surface area contributed by atoms with Gasteiger partial charge in [-0.1, -0.05) is 0 Å². The molecule has 0 N–H and O–H groups in total. The number of nitrogens with zero attached hydrogens (tertiary/aromatic N) is 1. The summed E-state index contributed by atoms with van der Waals surface area (Å²) >= 11 is 0. The minimum Gasteiger partial charge on any atom is -0.497 e. The highest BCUT2D eigenvalue weighted by Crippen LogP contribution is 2.24. The molecule has 0 fully saturated rings. The van der Waals surface area contributed by atoms with E-state index >= 15 is 0 Å². The van der Waals surface area contributed by atoms with Crippen LogP contribution in [0.5, 0.6) is 5.75 Å². The monoisotopic (exact) mass is 179 g/mol. The maximum absolute atomic E-state index is 10.6. The molecular formula is C8H10BNO3. The fourth-order valence-corrected chi connectivity index (χ4v) is 1.14. The molecule has 0 aromatic heterocycles. The lowest BCUT2D eigenvalue weighted by molar-refractivity contribution is -0.385. The molecule has 0 heterocycles. The Morgan fingerprint density at radius 1 is 1.62 bits per heavy atom. The topological polar surface area (TPSA) is 52.4 Å². The lowest BCUT2D eigenvalue weighted by Crippen LogP contribution is -1.96. The number of hydrogen-bond acceptors (Lipinski definition) is 3. The van der Waals surface area contributed by atoms with Crippen LogP contribution in [0, 0.1) is 10.1 Å². The van der Waals surface area contributed by atoms with Crippen LogP contribution in [-0.2, 0) is 6.32 Å². The van der Waals surface area contributed by atoms with E-state index in [0.29, 0.717) is 12.1 Å². The van der Waals surface area contributed by atoms with Crippen molar-refractivity contribution in [3.05, 3.63) is 33.9 Å². The zero-order valence-electron chi connectivity index (χ0n) is 7.61. The lowest BCUT2D eigenvalue weighted by Gasteiger charge is -2.02. The summed E-state index contributed by atoms with van der Waals surface area (Å²) in [6.07, 6.45) is 0.653. The SMILES string of the molecule is BCc1ccc(OC)cc1[N+](=O)[O-]. The standard InChI is InChI=1S/C8H10BNO3/c1-13-7-3-2-6(5-9)8(4-7)10(11)12/h2-4H,5,9H2,1H3. The van der Waals surface area contributed by atoms with Crippen LogP contribution in [0.4, 0.5) is 5.69 Å². The second-order valence-corrected chi connectivity index (χ2v) is 2.61. The van der Waals surface area contributed by atoms with Gasteiger partial charge in [-0.05, 0) is 18.5 Å². The van der Waals surface area contributed by atoms with Crippen molar-refractivity contribution in [3.8, 4) is 5.75 Å². The normalized spacial score (nSPS) is 9.62. The van der Waals surface area contributed by atoms with E-state index in [1.165, 1.54) is 13.2 Å². The van der Waals surface area contributed by atoms with E-state index in [1.807, 2.05) is 7.85 Å². The van der Waals surface area contributed by atoms with E-state index in [4.69, 9.17) is 4.74 Å². The van der Waals surface area contributed by atoms with E-state index in [1.54, 1.807) is 12.1 Å². The van der Waals surface area contributed by atoms with Crippen molar-refractivity contribution in [1.82, 2.24) is 0 Å². The summed E-state index contributed by atoms with van der Waals surface area (Å²) in [5, 5.41) is 10.6. The fraction of sp³-hybridized carbons (Fsp3) is 0.250. The van der Waals surface area contributed by atoms with Gasteiger partial charge in [0.05, 0.1) is 18.1 Å². The van der Waals surface area contributed by atoms with Crippen molar-refractivity contribution < 1.29 is 9.66 Å². The molecule has 0 aliphatic rings. The Hall–Kier alpha value is -1.52. The van der Waals surface area contributed by atoms with Crippen LogP contribution in [0.1, 0.15) is 5.56 Å². The number of hydrogen-bond donors (Lipinski definition) is 0. The first-order chi connectivity index (χ1) is 6.19. The van der Waals surface area contributed by atoms with Gasteiger partial charge in [0, 0.05) is 5.56 Å². The molecule has 1 aromatic rings. The maximum atomic E-state index is 10.6. The van der Waals surface area contributed by atoms with Gasteiger partial charge >= 0.3 is 0 Å². The second-order valence-electron chi connectivity index (χ2n) is 2.61. The Bertz CT molecular complexity index is 327. The summed E-state index contributed by atoms with van der Waals surface area (Å²) < 4.78 is 4.90. The second kappa shape index (κ2) is 3.93. The first kappa shape index (κ1) is 9.57. The third-order valence-corrected chi connectivity index (χ3v) is 1.87. The van der Waals surface area contributed by atoms with E-state index in [9.17, 15) is 10.1 Å². The highest BCUT2D eigenvalue weighted by atomic mass is 16.6. The molecule has 68 valence electrons. The average Bonchev–Trinajstić information content (AvgIpc) is 2.16. The van der Waals surface area contributed by atoms with Crippen LogP contribution >= 0.6 is 0 Å². The maximum Gasteiger partial charge on any atom is 0.275 e. The number of nitro groups is 1. The van der Waals surface area contributed by atoms with E-state index in [0.717, 1.165) is 5.56 Å². The summed E-state index contributed by atoms with van der Waals surface area (Å²) in [6, 6.07) is 4.89. The molecule has 5 heteroatoms. The van der Waals surface area contributed by atoms with E-state index in [-0.39, 0.29) is 10.6 Å². The van der Waals surface area contributed by atoms with Gasteiger partial charge in [0.2, 0.25) is 0 Å². The van der Waals surface area contributed by atoms with Gasteiger partial charge in [0.15, 0.2) is 0 Å². The van der Waals surface area contributed by atoms with Crippen molar-refractivity contribution in [1.29, 1.82) is 0 Å². The third-order valence-electron chi connectivity index (χ3n) is 1.87. The lowest BCUT2D eigenvalue weighted by atomic mass is 9.95. The van der Waals surface area contributed by atoms with Crippen molar-refractivity contribution in [2.24, 2.45) is 0 Å². The van der Waals surface area contributed by atoms with Gasteiger partial charge in [-0.15, -0.1) is 0 Å². The number of rotatable bonds is 3. The Kier molecular flexibility index (Phi) is 2.90. The zero-order valence-corrected chi connectivity index (χ0v) is 7.61. The number of methoxy groups -OCH3 is 1. The van der Waals surface area contributed by atoms with Crippen LogP contribution in [0.25, 0.3) is 0 Å². The number of benzene rings is 1. The van der Waals surface area contributed by atoms with Crippen molar-refractivity contribution in [2.45, 2.75) is 6.32 Å². The van der Waals surface area contributed by atoms with Gasteiger partial charge in [0.1, 0.15) is 13.6 Å². The molecule has 0 bridgehead atoms. The molecule has 0 aliphatic heterocycles. The molecule has 1 aromatic carbocycles. The van der Waals surface area contributed by atoms with Crippen molar-refractivity contribution in [3.63, 3.8) is 0 Å². The minimum atomic E-state index is -0.388. The Morgan fingerprint density at radius 3 is 2.77 bits per heavy atom. The molecule has 0 spiro atoms. The zero-order chi connectivity index (χ0) is 9.84. The summed E-state index contributed by atoms with van der Waals surface area (Å²) in [7, 11) is 3.37. The molecule has 0 unspecified atom stereocenters. The van der Waals surface area contributed by atoms with E-state index < -0.39 is 0 Å². The average molecular weight is 179 g/mol. The van der Waals surface area contributed by atoms with Crippen LogP contribution in [0.15, 0.2) is 18.2 Å².